The van der Waals surface area contributed by atoms with Gasteiger partial charge in [-0.3, -0.25) is 14.5 Å². The predicted octanol–water partition coefficient (Wildman–Crippen LogP) is 3.88. The molecule has 0 atom stereocenters. The molecule has 3 N–H and O–H groups in total. The molecule has 1 aliphatic rings. The number of amides is 2. The third-order valence-corrected chi connectivity index (χ3v) is 6.01. The maximum atomic E-state index is 12.7. The fraction of sp³-hybridized carbons (Fsp3) is 0.182. The van der Waals surface area contributed by atoms with Crippen LogP contribution in [0.3, 0.4) is 0 Å². The first-order valence-corrected chi connectivity index (χ1v) is 10.7. The van der Waals surface area contributed by atoms with E-state index in [0.717, 1.165) is 12.0 Å². The molecule has 7 nitrogen and oxygen atoms in total. The van der Waals surface area contributed by atoms with Gasteiger partial charge in [0.05, 0.1) is 4.91 Å². The molecule has 1 heterocycles. The van der Waals surface area contributed by atoms with Crippen LogP contribution < -0.4 is 5.32 Å². The van der Waals surface area contributed by atoms with Crippen molar-refractivity contribution in [2.24, 2.45) is 0 Å². The van der Waals surface area contributed by atoms with E-state index in [9.17, 15) is 19.5 Å². The highest BCUT2D eigenvalue weighted by Crippen LogP contribution is 2.32. The SMILES string of the molecule is CCc1ccc(/C=C2\SC(=S)N(CCC(=O)Nc3ccc(O)c(C(=O)O)c3)C2=O)cc1. The van der Waals surface area contributed by atoms with Crippen molar-refractivity contribution in [1.82, 2.24) is 4.90 Å². The van der Waals surface area contributed by atoms with Crippen molar-refractivity contribution in [3.63, 3.8) is 0 Å². The average molecular weight is 457 g/mol. The van der Waals surface area contributed by atoms with Crippen molar-refractivity contribution in [2.45, 2.75) is 19.8 Å². The molecule has 0 aromatic heterocycles. The fourth-order valence-corrected chi connectivity index (χ4v) is 4.22. The molecular weight excluding hydrogens is 436 g/mol. The minimum Gasteiger partial charge on any atom is -0.507 e. The van der Waals surface area contributed by atoms with Crippen LogP contribution in [0.4, 0.5) is 5.69 Å². The number of carbonyl (C=O) groups is 3. The van der Waals surface area contributed by atoms with Gasteiger partial charge in [-0.05, 0) is 41.8 Å². The Morgan fingerprint density at radius 1 is 1.19 bits per heavy atom. The van der Waals surface area contributed by atoms with Crippen LogP contribution in [0, 0.1) is 0 Å². The Hall–Kier alpha value is -3.17. The molecule has 0 bridgehead atoms. The predicted molar refractivity (Wildman–Crippen MR) is 124 cm³/mol. The number of rotatable bonds is 7. The van der Waals surface area contributed by atoms with Gasteiger partial charge >= 0.3 is 5.97 Å². The zero-order valence-electron chi connectivity index (χ0n) is 16.6. The Balaban J connectivity index is 1.61. The Labute approximate surface area is 188 Å². The van der Waals surface area contributed by atoms with E-state index in [1.54, 1.807) is 6.08 Å². The van der Waals surface area contributed by atoms with Crippen molar-refractivity contribution >= 4 is 57.8 Å². The first kappa shape index (κ1) is 22.5. The number of thiocarbonyl (C=S) groups is 1. The lowest BCUT2D eigenvalue weighted by molar-refractivity contribution is -0.122. The van der Waals surface area contributed by atoms with Crippen LogP contribution in [-0.4, -0.2) is 43.8 Å². The number of hydrogen-bond acceptors (Lipinski definition) is 6. The maximum absolute atomic E-state index is 12.7. The number of aromatic hydroxyl groups is 1. The van der Waals surface area contributed by atoms with Crippen LogP contribution in [0.25, 0.3) is 6.08 Å². The van der Waals surface area contributed by atoms with Crippen LogP contribution in [0.5, 0.6) is 5.75 Å². The van der Waals surface area contributed by atoms with E-state index in [4.69, 9.17) is 17.3 Å². The topological polar surface area (TPSA) is 107 Å². The number of thioether (sulfide) groups is 1. The van der Waals surface area contributed by atoms with Gasteiger partial charge in [0, 0.05) is 18.7 Å². The summed E-state index contributed by atoms with van der Waals surface area (Å²) < 4.78 is 0.382. The van der Waals surface area contributed by atoms with Gasteiger partial charge in [-0.15, -0.1) is 0 Å². The molecule has 0 radical (unpaired) electrons. The molecule has 0 spiro atoms. The number of carbonyl (C=O) groups excluding carboxylic acids is 2. The number of anilines is 1. The third-order valence-electron chi connectivity index (χ3n) is 4.63. The van der Waals surface area contributed by atoms with Gasteiger partial charge in [0.15, 0.2) is 0 Å². The molecule has 160 valence electrons. The fourth-order valence-electron chi connectivity index (χ4n) is 2.92. The van der Waals surface area contributed by atoms with Crippen LogP contribution in [0.1, 0.15) is 34.8 Å². The highest BCUT2D eigenvalue weighted by Gasteiger charge is 2.32. The number of carboxylic acids is 1. The molecule has 2 amide bonds. The van der Waals surface area contributed by atoms with E-state index < -0.39 is 11.9 Å². The molecular formula is C22H20N2O5S2. The van der Waals surface area contributed by atoms with Crippen molar-refractivity contribution in [1.29, 1.82) is 0 Å². The normalized spacial score (nSPS) is 14.9. The molecule has 2 aromatic rings. The maximum Gasteiger partial charge on any atom is 0.339 e. The van der Waals surface area contributed by atoms with Crippen molar-refractivity contribution in [3.05, 3.63) is 64.1 Å². The molecule has 0 aliphatic carbocycles. The molecule has 1 fully saturated rings. The number of hydrogen-bond donors (Lipinski definition) is 3. The van der Waals surface area contributed by atoms with Crippen molar-refractivity contribution in [3.8, 4) is 5.75 Å². The summed E-state index contributed by atoms with van der Waals surface area (Å²) in [5.41, 5.74) is 2.03. The summed E-state index contributed by atoms with van der Waals surface area (Å²) in [6, 6.07) is 11.7. The highest BCUT2D eigenvalue weighted by molar-refractivity contribution is 8.26. The van der Waals surface area contributed by atoms with Gasteiger partial charge in [0.25, 0.3) is 5.91 Å². The van der Waals surface area contributed by atoms with Gasteiger partial charge < -0.3 is 15.5 Å². The van der Waals surface area contributed by atoms with Gasteiger partial charge in [-0.25, -0.2) is 4.79 Å². The number of aryl methyl sites for hydroxylation is 1. The minimum absolute atomic E-state index is 0.0196. The molecule has 2 aromatic carbocycles. The van der Waals surface area contributed by atoms with E-state index >= 15 is 0 Å². The summed E-state index contributed by atoms with van der Waals surface area (Å²) in [5, 5.41) is 21.2. The molecule has 0 saturated carbocycles. The number of aromatic carboxylic acids is 1. The summed E-state index contributed by atoms with van der Waals surface area (Å²) in [6.45, 7) is 2.18. The van der Waals surface area contributed by atoms with Gasteiger partial charge in [0.2, 0.25) is 5.91 Å². The van der Waals surface area contributed by atoms with Crippen molar-refractivity contribution in [2.75, 3.05) is 11.9 Å². The van der Waals surface area contributed by atoms with E-state index in [2.05, 4.69) is 12.2 Å². The Morgan fingerprint density at radius 2 is 1.90 bits per heavy atom. The monoisotopic (exact) mass is 456 g/mol. The smallest absolute Gasteiger partial charge is 0.339 e. The zero-order chi connectivity index (χ0) is 22.5. The summed E-state index contributed by atoms with van der Waals surface area (Å²) in [7, 11) is 0. The lowest BCUT2D eigenvalue weighted by atomic mass is 10.1. The lowest BCUT2D eigenvalue weighted by Crippen LogP contribution is -2.31. The Kier molecular flexibility index (Phi) is 7.09. The molecule has 0 unspecified atom stereocenters. The molecule has 9 heteroatoms. The quantitative estimate of drug-likeness (QED) is 0.330. The molecule has 1 saturated heterocycles. The van der Waals surface area contributed by atoms with Gasteiger partial charge in [-0.2, -0.15) is 0 Å². The number of nitrogens with zero attached hydrogens (tertiary/aromatic N) is 1. The minimum atomic E-state index is -1.30. The first-order valence-electron chi connectivity index (χ1n) is 9.49. The number of nitrogens with one attached hydrogen (secondary N) is 1. The van der Waals surface area contributed by atoms with Crippen molar-refractivity contribution < 1.29 is 24.6 Å². The summed E-state index contributed by atoms with van der Waals surface area (Å²) in [6.07, 6.45) is 2.70. The van der Waals surface area contributed by atoms with Gasteiger partial charge in [0.1, 0.15) is 15.6 Å². The Bertz CT molecular complexity index is 1080. The first-order chi connectivity index (χ1) is 14.8. The summed E-state index contributed by atoms with van der Waals surface area (Å²) >= 11 is 6.49. The number of phenols is 1. The highest BCUT2D eigenvalue weighted by atomic mass is 32.2. The second-order valence-electron chi connectivity index (χ2n) is 6.76. The standard InChI is InChI=1S/C22H20N2O5S2/c1-2-13-3-5-14(6-4-13)11-18-20(27)24(22(30)31-18)10-9-19(26)23-15-7-8-17(25)16(12-15)21(28)29/h3-8,11-12,25H,2,9-10H2,1H3,(H,23,26)(H,28,29)/b18-11-. The third kappa shape index (κ3) is 5.50. The lowest BCUT2D eigenvalue weighted by Gasteiger charge is -2.14. The van der Waals surface area contributed by atoms with E-state index in [1.807, 2.05) is 24.3 Å². The summed E-state index contributed by atoms with van der Waals surface area (Å²) in [4.78, 5) is 37.9. The van der Waals surface area contributed by atoms with Crippen LogP contribution in [0.2, 0.25) is 0 Å². The van der Waals surface area contributed by atoms with E-state index in [1.165, 1.54) is 40.4 Å². The zero-order valence-corrected chi connectivity index (χ0v) is 18.3. The average Bonchev–Trinajstić information content (AvgIpc) is 3.00. The molecule has 1 aliphatic heterocycles. The largest absolute Gasteiger partial charge is 0.507 e. The van der Waals surface area contributed by atoms with Crippen LogP contribution in [0.15, 0.2) is 47.4 Å². The second-order valence-corrected chi connectivity index (χ2v) is 8.44. The van der Waals surface area contributed by atoms with E-state index in [-0.39, 0.29) is 35.9 Å². The summed E-state index contributed by atoms with van der Waals surface area (Å²) in [5.74, 6) is -2.35. The molecule has 31 heavy (non-hydrogen) atoms. The second kappa shape index (κ2) is 9.76. The van der Waals surface area contributed by atoms with Gasteiger partial charge in [-0.1, -0.05) is 55.2 Å². The van der Waals surface area contributed by atoms with E-state index in [0.29, 0.717) is 9.23 Å². The number of benzene rings is 2. The van der Waals surface area contributed by atoms with Crippen LogP contribution >= 0.6 is 24.0 Å². The van der Waals surface area contributed by atoms with Crippen LogP contribution in [-0.2, 0) is 16.0 Å². The number of carboxylic acid groups (broad SMARTS) is 1. The molecule has 3 rings (SSSR count). The Morgan fingerprint density at radius 3 is 2.55 bits per heavy atom.